The molecule has 0 aliphatic heterocycles. The fraction of sp³-hybridized carbons (Fsp3) is 0.263. The van der Waals surface area contributed by atoms with Gasteiger partial charge in [-0.2, -0.15) is 4.99 Å². The van der Waals surface area contributed by atoms with E-state index in [9.17, 15) is 23.3 Å². The third-order valence-corrected chi connectivity index (χ3v) is 6.90. The third-order valence-electron chi connectivity index (χ3n) is 4.24. The highest BCUT2D eigenvalue weighted by atomic mass is 32.2. The molecule has 10 heteroatoms. The highest BCUT2D eigenvalue weighted by Gasteiger charge is 2.20. The summed E-state index contributed by atoms with van der Waals surface area (Å²) in [4.78, 5) is 27.3. The first kappa shape index (κ1) is 20.9. The van der Waals surface area contributed by atoms with Crippen LogP contribution in [0.2, 0.25) is 0 Å². The molecular weight excluding hydrogens is 414 g/mol. The fourth-order valence-corrected chi connectivity index (χ4v) is 5.04. The molecule has 0 saturated heterocycles. The minimum atomic E-state index is -3.81. The lowest BCUT2D eigenvalue weighted by molar-refractivity contribution is -0.384. The molecule has 0 aliphatic rings. The Morgan fingerprint density at radius 1 is 1.21 bits per heavy atom. The van der Waals surface area contributed by atoms with E-state index >= 15 is 0 Å². The molecule has 0 unspecified atom stereocenters. The Balaban J connectivity index is 1.99. The average Bonchev–Trinajstić information content (AvgIpc) is 2.98. The number of benzene rings is 2. The Morgan fingerprint density at radius 2 is 1.90 bits per heavy atom. The molecule has 1 amide bonds. The summed E-state index contributed by atoms with van der Waals surface area (Å²) in [5.74, 6) is -1.52. The van der Waals surface area contributed by atoms with Crippen molar-refractivity contribution in [2.75, 3.05) is 5.75 Å². The summed E-state index contributed by atoms with van der Waals surface area (Å²) in [6.45, 7) is 4.35. The number of nitro groups is 1. The Hall–Kier alpha value is -2.85. The second kappa shape index (κ2) is 8.26. The molecule has 152 valence electrons. The average molecular weight is 434 g/mol. The molecule has 3 aromatic rings. The van der Waals surface area contributed by atoms with Gasteiger partial charge in [0.1, 0.15) is 5.75 Å². The summed E-state index contributed by atoms with van der Waals surface area (Å²) in [7, 11) is -3.81. The molecule has 1 heterocycles. The van der Waals surface area contributed by atoms with Gasteiger partial charge in [-0.05, 0) is 31.5 Å². The molecule has 1 aromatic heterocycles. The van der Waals surface area contributed by atoms with Crippen LogP contribution in [0.3, 0.4) is 0 Å². The number of thiazole rings is 1. The quantitative estimate of drug-likeness (QED) is 0.438. The SMILES string of the molecule is CCCn1c(=NC(=O)CS(=O)(=O)c2ccc(C)cc2)sc2cc([N+](=O)[O-])ccc21. The van der Waals surface area contributed by atoms with Crippen LogP contribution in [-0.4, -0.2) is 29.6 Å². The molecule has 3 rings (SSSR count). The molecule has 0 aliphatic carbocycles. The van der Waals surface area contributed by atoms with Crippen molar-refractivity contribution in [2.45, 2.75) is 31.7 Å². The zero-order valence-corrected chi connectivity index (χ0v) is 17.5. The number of carbonyl (C=O) groups is 1. The number of hydrogen-bond donors (Lipinski definition) is 0. The molecule has 2 aromatic carbocycles. The highest BCUT2D eigenvalue weighted by molar-refractivity contribution is 7.92. The van der Waals surface area contributed by atoms with Crippen LogP contribution in [0.4, 0.5) is 5.69 Å². The summed E-state index contributed by atoms with van der Waals surface area (Å²) < 4.78 is 27.4. The second-order valence-corrected chi connectivity index (χ2v) is 9.52. The maximum Gasteiger partial charge on any atom is 0.270 e. The van der Waals surface area contributed by atoms with Crippen molar-refractivity contribution >= 4 is 43.0 Å². The fourth-order valence-electron chi connectivity index (χ4n) is 2.83. The van der Waals surface area contributed by atoms with Gasteiger partial charge >= 0.3 is 0 Å². The van der Waals surface area contributed by atoms with Crippen molar-refractivity contribution in [3.8, 4) is 0 Å². The number of rotatable bonds is 6. The first-order valence-corrected chi connectivity index (χ1v) is 11.3. The van der Waals surface area contributed by atoms with E-state index in [1.807, 2.05) is 13.8 Å². The van der Waals surface area contributed by atoms with Gasteiger partial charge in [0.05, 0.1) is 20.0 Å². The van der Waals surface area contributed by atoms with E-state index in [2.05, 4.69) is 4.99 Å². The predicted octanol–water partition coefficient (Wildman–Crippen LogP) is 3.23. The summed E-state index contributed by atoms with van der Waals surface area (Å²) >= 11 is 1.12. The Labute approximate surface area is 171 Å². The van der Waals surface area contributed by atoms with Crippen LogP contribution in [0.15, 0.2) is 52.4 Å². The van der Waals surface area contributed by atoms with E-state index in [-0.39, 0.29) is 10.6 Å². The van der Waals surface area contributed by atoms with E-state index in [0.717, 1.165) is 28.8 Å². The zero-order valence-electron chi connectivity index (χ0n) is 15.9. The van der Waals surface area contributed by atoms with Crippen LogP contribution < -0.4 is 4.80 Å². The second-order valence-electron chi connectivity index (χ2n) is 6.52. The Kier molecular flexibility index (Phi) is 5.94. The summed E-state index contributed by atoms with van der Waals surface area (Å²) in [5, 5.41) is 11.0. The van der Waals surface area contributed by atoms with Crippen molar-refractivity contribution in [1.82, 2.24) is 4.57 Å². The Bertz CT molecular complexity index is 1260. The number of aryl methyl sites for hydroxylation is 2. The molecule has 0 spiro atoms. The molecule has 0 fully saturated rings. The lowest BCUT2D eigenvalue weighted by atomic mass is 10.2. The molecule has 0 N–H and O–H groups in total. The molecule has 0 radical (unpaired) electrons. The summed E-state index contributed by atoms with van der Waals surface area (Å²) in [5.41, 5.74) is 1.58. The van der Waals surface area contributed by atoms with E-state index in [1.54, 1.807) is 22.8 Å². The summed E-state index contributed by atoms with van der Waals surface area (Å²) in [6.07, 6.45) is 0.756. The van der Waals surface area contributed by atoms with Crippen LogP contribution >= 0.6 is 11.3 Å². The van der Waals surface area contributed by atoms with Crippen LogP contribution in [0.1, 0.15) is 18.9 Å². The number of nitrogens with zero attached hydrogens (tertiary/aromatic N) is 3. The van der Waals surface area contributed by atoms with Crippen LogP contribution in [0.25, 0.3) is 10.2 Å². The number of aromatic nitrogens is 1. The van der Waals surface area contributed by atoms with Crippen LogP contribution in [0, 0.1) is 17.0 Å². The van der Waals surface area contributed by atoms with Crippen LogP contribution in [0.5, 0.6) is 0 Å². The smallest absolute Gasteiger partial charge is 0.270 e. The minimum absolute atomic E-state index is 0.0535. The normalized spacial score (nSPS) is 12.4. The van der Waals surface area contributed by atoms with Crippen molar-refractivity contribution < 1.29 is 18.1 Å². The number of hydrogen-bond acceptors (Lipinski definition) is 6. The number of sulfone groups is 1. The van der Waals surface area contributed by atoms with Gasteiger partial charge in [-0.1, -0.05) is 36.0 Å². The number of nitro benzene ring substituents is 1. The lowest BCUT2D eigenvalue weighted by Crippen LogP contribution is -2.21. The van der Waals surface area contributed by atoms with Gasteiger partial charge in [-0.3, -0.25) is 14.9 Å². The lowest BCUT2D eigenvalue weighted by Gasteiger charge is -2.03. The standard InChI is InChI=1S/C19H19N3O5S2/c1-3-10-21-16-9-6-14(22(24)25)11-17(16)28-19(21)20-18(23)12-29(26,27)15-7-4-13(2)5-8-15/h4-9,11H,3,10,12H2,1-2H3. The molecule has 8 nitrogen and oxygen atoms in total. The van der Waals surface area contributed by atoms with Crippen molar-refractivity contribution in [3.05, 3.63) is 62.9 Å². The third kappa shape index (κ3) is 4.60. The van der Waals surface area contributed by atoms with Gasteiger partial charge in [0.2, 0.25) is 0 Å². The highest BCUT2D eigenvalue weighted by Crippen LogP contribution is 2.23. The topological polar surface area (TPSA) is 112 Å². The van der Waals surface area contributed by atoms with Crippen molar-refractivity contribution in [1.29, 1.82) is 0 Å². The van der Waals surface area contributed by atoms with Gasteiger partial charge in [-0.15, -0.1) is 0 Å². The molecular formula is C19H19N3O5S2. The number of carbonyl (C=O) groups excluding carboxylic acids is 1. The van der Waals surface area contributed by atoms with Crippen molar-refractivity contribution in [2.24, 2.45) is 4.99 Å². The van der Waals surface area contributed by atoms with E-state index in [4.69, 9.17) is 0 Å². The van der Waals surface area contributed by atoms with Gasteiger partial charge in [0.15, 0.2) is 14.6 Å². The van der Waals surface area contributed by atoms with E-state index in [0.29, 0.717) is 16.0 Å². The van der Waals surface area contributed by atoms with Gasteiger partial charge < -0.3 is 4.57 Å². The molecule has 0 bridgehead atoms. The maximum absolute atomic E-state index is 12.5. The predicted molar refractivity (Wildman–Crippen MR) is 111 cm³/mol. The van der Waals surface area contributed by atoms with E-state index in [1.165, 1.54) is 24.3 Å². The molecule has 29 heavy (non-hydrogen) atoms. The first-order chi connectivity index (χ1) is 13.7. The zero-order chi connectivity index (χ0) is 21.2. The largest absolute Gasteiger partial charge is 0.316 e. The first-order valence-electron chi connectivity index (χ1n) is 8.86. The van der Waals surface area contributed by atoms with Gasteiger partial charge in [-0.25, -0.2) is 8.42 Å². The number of amides is 1. The van der Waals surface area contributed by atoms with Gasteiger partial charge in [0.25, 0.3) is 11.6 Å². The summed E-state index contributed by atoms with van der Waals surface area (Å²) in [6, 6.07) is 10.7. The van der Waals surface area contributed by atoms with Gasteiger partial charge in [0, 0.05) is 18.7 Å². The number of fused-ring (bicyclic) bond motifs is 1. The van der Waals surface area contributed by atoms with Crippen molar-refractivity contribution in [3.63, 3.8) is 0 Å². The monoisotopic (exact) mass is 433 g/mol. The van der Waals surface area contributed by atoms with Crippen LogP contribution in [-0.2, 0) is 21.2 Å². The van der Waals surface area contributed by atoms with E-state index < -0.39 is 26.4 Å². The number of non-ortho nitro benzene ring substituents is 1. The Morgan fingerprint density at radius 3 is 2.52 bits per heavy atom. The maximum atomic E-state index is 12.5. The minimum Gasteiger partial charge on any atom is -0.316 e. The molecule has 0 saturated carbocycles. The molecule has 0 atom stereocenters.